The summed E-state index contributed by atoms with van der Waals surface area (Å²) >= 11 is 0. The van der Waals surface area contributed by atoms with Crippen LogP contribution in [0.5, 0.6) is 0 Å². The minimum Gasteiger partial charge on any atom is -0.352 e. The zero-order valence-electron chi connectivity index (χ0n) is 10.1. The molecule has 2 rings (SSSR count). The maximum absolute atomic E-state index is 11.9. The first-order valence-corrected chi connectivity index (χ1v) is 6.35. The highest BCUT2D eigenvalue weighted by Gasteiger charge is 2.20. The van der Waals surface area contributed by atoms with Crippen LogP contribution in [0.15, 0.2) is 30.3 Å². The van der Waals surface area contributed by atoms with Gasteiger partial charge in [-0.3, -0.25) is 4.79 Å². The monoisotopic (exact) mass is 232 g/mol. The van der Waals surface area contributed by atoms with Crippen LogP contribution < -0.4 is 11.1 Å². The Kier molecular flexibility index (Phi) is 4.15. The second-order valence-electron chi connectivity index (χ2n) is 4.79. The first-order valence-electron chi connectivity index (χ1n) is 6.35. The van der Waals surface area contributed by atoms with Gasteiger partial charge in [-0.05, 0) is 24.8 Å². The Bertz CT molecular complexity index is 358. The van der Waals surface area contributed by atoms with Gasteiger partial charge in [-0.1, -0.05) is 43.2 Å². The van der Waals surface area contributed by atoms with Crippen LogP contribution >= 0.6 is 0 Å². The number of benzene rings is 1. The molecule has 1 amide bonds. The highest BCUT2D eigenvalue weighted by molar-refractivity contribution is 5.82. The van der Waals surface area contributed by atoms with E-state index in [1.165, 1.54) is 12.8 Å². The molecule has 1 atom stereocenters. The quantitative estimate of drug-likeness (QED) is 0.828. The van der Waals surface area contributed by atoms with Crippen LogP contribution in [-0.2, 0) is 11.2 Å². The predicted molar refractivity (Wildman–Crippen MR) is 68.5 cm³/mol. The van der Waals surface area contributed by atoms with Crippen molar-refractivity contribution >= 4 is 5.91 Å². The molecular weight excluding hydrogens is 212 g/mol. The number of rotatable bonds is 4. The molecule has 0 aromatic heterocycles. The van der Waals surface area contributed by atoms with Crippen LogP contribution in [0.3, 0.4) is 0 Å². The summed E-state index contributed by atoms with van der Waals surface area (Å²) in [5.41, 5.74) is 7.03. The molecule has 1 fully saturated rings. The molecule has 0 bridgehead atoms. The van der Waals surface area contributed by atoms with Crippen molar-refractivity contribution in [3.63, 3.8) is 0 Å². The van der Waals surface area contributed by atoms with Gasteiger partial charge in [0.15, 0.2) is 0 Å². The van der Waals surface area contributed by atoms with E-state index in [4.69, 9.17) is 5.73 Å². The normalized spacial score (nSPS) is 17.9. The van der Waals surface area contributed by atoms with E-state index in [0.717, 1.165) is 18.4 Å². The minimum absolute atomic E-state index is 0.0132. The lowest BCUT2D eigenvalue weighted by Gasteiger charge is -2.16. The summed E-state index contributed by atoms with van der Waals surface area (Å²) in [5, 5.41) is 3.03. The highest BCUT2D eigenvalue weighted by atomic mass is 16.2. The molecule has 0 spiro atoms. The van der Waals surface area contributed by atoms with Crippen LogP contribution in [0.2, 0.25) is 0 Å². The molecule has 0 heterocycles. The molecule has 1 aromatic carbocycles. The van der Waals surface area contributed by atoms with Gasteiger partial charge >= 0.3 is 0 Å². The molecule has 92 valence electrons. The Labute approximate surface area is 102 Å². The van der Waals surface area contributed by atoms with E-state index in [-0.39, 0.29) is 5.91 Å². The van der Waals surface area contributed by atoms with Gasteiger partial charge in [0.25, 0.3) is 0 Å². The first kappa shape index (κ1) is 12.1. The third-order valence-corrected chi connectivity index (χ3v) is 3.34. The molecular formula is C14H20N2O. The Morgan fingerprint density at radius 2 is 1.94 bits per heavy atom. The molecule has 3 nitrogen and oxygen atoms in total. The van der Waals surface area contributed by atoms with E-state index >= 15 is 0 Å². The van der Waals surface area contributed by atoms with Gasteiger partial charge in [0.1, 0.15) is 0 Å². The van der Waals surface area contributed by atoms with Crippen molar-refractivity contribution in [2.24, 2.45) is 5.73 Å². The summed E-state index contributed by atoms with van der Waals surface area (Å²) in [4.78, 5) is 11.9. The number of nitrogens with two attached hydrogens (primary N) is 1. The van der Waals surface area contributed by atoms with E-state index in [1.54, 1.807) is 0 Å². The third-order valence-electron chi connectivity index (χ3n) is 3.34. The third kappa shape index (κ3) is 3.56. The average molecular weight is 232 g/mol. The summed E-state index contributed by atoms with van der Waals surface area (Å²) in [6.45, 7) is 0. The van der Waals surface area contributed by atoms with Crippen LogP contribution in [-0.4, -0.2) is 18.0 Å². The molecule has 1 saturated carbocycles. The lowest BCUT2D eigenvalue weighted by Crippen LogP contribution is -2.45. The lowest BCUT2D eigenvalue weighted by molar-refractivity contribution is -0.123. The molecule has 0 saturated heterocycles. The fourth-order valence-electron chi connectivity index (χ4n) is 2.34. The van der Waals surface area contributed by atoms with Crippen LogP contribution in [0, 0.1) is 0 Å². The molecule has 17 heavy (non-hydrogen) atoms. The fraction of sp³-hybridized carbons (Fsp3) is 0.500. The van der Waals surface area contributed by atoms with Gasteiger partial charge in [0, 0.05) is 6.04 Å². The number of hydrogen-bond acceptors (Lipinski definition) is 2. The first-order chi connectivity index (χ1) is 8.25. The summed E-state index contributed by atoms with van der Waals surface area (Å²) in [5.74, 6) is -0.0132. The summed E-state index contributed by atoms with van der Waals surface area (Å²) in [6, 6.07) is 9.83. The van der Waals surface area contributed by atoms with Gasteiger partial charge in [-0.15, -0.1) is 0 Å². The molecule has 3 N–H and O–H groups in total. The zero-order valence-corrected chi connectivity index (χ0v) is 10.1. The van der Waals surface area contributed by atoms with Crippen molar-refractivity contribution in [3.8, 4) is 0 Å². The van der Waals surface area contributed by atoms with Gasteiger partial charge < -0.3 is 11.1 Å². The second kappa shape index (κ2) is 5.82. The lowest BCUT2D eigenvalue weighted by atomic mass is 10.1. The zero-order chi connectivity index (χ0) is 12.1. The maximum Gasteiger partial charge on any atom is 0.237 e. The number of carbonyl (C=O) groups is 1. The predicted octanol–water partition coefficient (Wildman–Crippen LogP) is 1.62. The van der Waals surface area contributed by atoms with Crippen LogP contribution in [0.1, 0.15) is 31.2 Å². The van der Waals surface area contributed by atoms with Crippen molar-refractivity contribution in [3.05, 3.63) is 35.9 Å². The average Bonchev–Trinajstić information content (AvgIpc) is 2.83. The van der Waals surface area contributed by atoms with E-state index in [0.29, 0.717) is 12.5 Å². The van der Waals surface area contributed by atoms with E-state index in [9.17, 15) is 4.79 Å². The van der Waals surface area contributed by atoms with Crippen LogP contribution in [0.4, 0.5) is 0 Å². The van der Waals surface area contributed by atoms with Crippen molar-refractivity contribution < 1.29 is 4.79 Å². The van der Waals surface area contributed by atoms with Crippen molar-refractivity contribution in [2.45, 2.75) is 44.2 Å². The number of amides is 1. The fourth-order valence-corrected chi connectivity index (χ4v) is 2.34. The Morgan fingerprint density at radius 1 is 1.29 bits per heavy atom. The smallest absolute Gasteiger partial charge is 0.237 e. The van der Waals surface area contributed by atoms with E-state index in [2.05, 4.69) is 5.32 Å². The molecule has 1 aromatic rings. The summed E-state index contributed by atoms with van der Waals surface area (Å²) in [7, 11) is 0. The molecule has 3 heteroatoms. The molecule has 0 radical (unpaired) electrons. The standard InChI is InChI=1S/C14H20N2O/c15-13(10-11-6-2-1-3-7-11)14(17)16-12-8-4-5-9-12/h1-3,6-7,12-13H,4-5,8-10,15H2,(H,16,17)/t13-/m1/s1. The SMILES string of the molecule is N[C@H](Cc1ccccc1)C(=O)NC1CCCC1. The van der Waals surface area contributed by atoms with E-state index in [1.807, 2.05) is 30.3 Å². The number of nitrogens with one attached hydrogen (secondary N) is 1. The Balaban J connectivity index is 1.82. The highest BCUT2D eigenvalue weighted by Crippen LogP contribution is 2.17. The Hall–Kier alpha value is -1.35. The van der Waals surface area contributed by atoms with Gasteiger partial charge in [0.2, 0.25) is 5.91 Å². The minimum atomic E-state index is -0.432. The largest absolute Gasteiger partial charge is 0.352 e. The van der Waals surface area contributed by atoms with Crippen molar-refractivity contribution in [1.82, 2.24) is 5.32 Å². The Morgan fingerprint density at radius 3 is 2.59 bits per heavy atom. The van der Waals surface area contributed by atoms with Gasteiger partial charge in [0.05, 0.1) is 6.04 Å². The molecule has 1 aliphatic rings. The molecule has 1 aliphatic carbocycles. The molecule has 0 aliphatic heterocycles. The van der Waals surface area contributed by atoms with Crippen LogP contribution in [0.25, 0.3) is 0 Å². The van der Waals surface area contributed by atoms with Gasteiger partial charge in [-0.25, -0.2) is 0 Å². The van der Waals surface area contributed by atoms with Gasteiger partial charge in [-0.2, -0.15) is 0 Å². The molecule has 0 unspecified atom stereocenters. The summed E-state index contributed by atoms with van der Waals surface area (Å²) < 4.78 is 0. The van der Waals surface area contributed by atoms with Crippen molar-refractivity contribution in [2.75, 3.05) is 0 Å². The summed E-state index contributed by atoms with van der Waals surface area (Å²) in [6.07, 6.45) is 5.25. The number of hydrogen-bond donors (Lipinski definition) is 2. The number of carbonyl (C=O) groups excluding carboxylic acids is 1. The van der Waals surface area contributed by atoms with E-state index < -0.39 is 6.04 Å². The van der Waals surface area contributed by atoms with Crippen molar-refractivity contribution in [1.29, 1.82) is 0 Å². The topological polar surface area (TPSA) is 55.1 Å². The second-order valence-corrected chi connectivity index (χ2v) is 4.79. The maximum atomic E-state index is 11.9.